The Morgan fingerprint density at radius 1 is 1.50 bits per heavy atom. The molecule has 0 saturated carbocycles. The topological polar surface area (TPSA) is 40.5 Å². The van der Waals surface area contributed by atoms with E-state index in [2.05, 4.69) is 6.92 Å². The minimum atomic E-state index is -0.807. The highest BCUT2D eigenvalue weighted by Crippen LogP contribution is 2.20. The average molecular weight is 270 g/mol. The molecule has 0 spiro atoms. The summed E-state index contributed by atoms with van der Waals surface area (Å²) in [4.78, 5) is 12.8. The standard InChI is InChI=1S/C14H20ClNO2/c1-4-11(3)16(9-14(17)18)8-12-6-5-10(2)7-13(12)15/h5-7,11H,4,8-9H2,1-3H3,(H,17,18). The van der Waals surface area contributed by atoms with Gasteiger partial charge in [-0.2, -0.15) is 0 Å². The summed E-state index contributed by atoms with van der Waals surface area (Å²) in [5.74, 6) is -0.807. The molecular weight excluding hydrogens is 250 g/mol. The Labute approximate surface area is 113 Å². The fourth-order valence-corrected chi connectivity index (χ4v) is 2.09. The number of halogens is 1. The molecule has 18 heavy (non-hydrogen) atoms. The lowest BCUT2D eigenvalue weighted by molar-refractivity contribution is -0.139. The summed E-state index contributed by atoms with van der Waals surface area (Å²) in [5.41, 5.74) is 2.08. The lowest BCUT2D eigenvalue weighted by atomic mass is 10.1. The molecule has 1 rings (SSSR count). The van der Waals surface area contributed by atoms with Gasteiger partial charge in [-0.15, -0.1) is 0 Å². The fourth-order valence-electron chi connectivity index (χ4n) is 1.80. The van der Waals surface area contributed by atoms with Crippen LogP contribution in [0.4, 0.5) is 0 Å². The number of hydrogen-bond acceptors (Lipinski definition) is 2. The van der Waals surface area contributed by atoms with Crippen LogP contribution in [0.3, 0.4) is 0 Å². The molecule has 4 heteroatoms. The lowest BCUT2D eigenvalue weighted by Crippen LogP contribution is -2.36. The van der Waals surface area contributed by atoms with Crippen LogP contribution in [-0.4, -0.2) is 28.6 Å². The summed E-state index contributed by atoms with van der Waals surface area (Å²) in [7, 11) is 0. The molecule has 0 radical (unpaired) electrons. The third kappa shape index (κ3) is 4.31. The van der Waals surface area contributed by atoms with Crippen LogP contribution in [0.25, 0.3) is 0 Å². The van der Waals surface area contributed by atoms with Crippen LogP contribution >= 0.6 is 11.6 Å². The molecule has 0 fully saturated rings. The van der Waals surface area contributed by atoms with Gasteiger partial charge >= 0.3 is 5.97 Å². The normalized spacial score (nSPS) is 12.7. The number of hydrogen-bond donors (Lipinski definition) is 1. The highest BCUT2D eigenvalue weighted by molar-refractivity contribution is 6.31. The number of rotatable bonds is 6. The maximum absolute atomic E-state index is 10.9. The van der Waals surface area contributed by atoms with Gasteiger partial charge in [0.1, 0.15) is 0 Å². The SMILES string of the molecule is CCC(C)N(CC(=O)O)Cc1ccc(C)cc1Cl. The number of aliphatic carboxylic acids is 1. The average Bonchev–Trinajstić information content (AvgIpc) is 2.30. The predicted molar refractivity (Wildman–Crippen MR) is 74.0 cm³/mol. The molecule has 100 valence electrons. The Morgan fingerprint density at radius 2 is 2.17 bits per heavy atom. The Hall–Kier alpha value is -1.06. The van der Waals surface area contributed by atoms with Crippen molar-refractivity contribution in [1.82, 2.24) is 4.90 Å². The van der Waals surface area contributed by atoms with Gasteiger partial charge in [0.2, 0.25) is 0 Å². The van der Waals surface area contributed by atoms with Crippen molar-refractivity contribution >= 4 is 17.6 Å². The molecule has 0 amide bonds. The number of nitrogens with zero attached hydrogens (tertiary/aromatic N) is 1. The summed E-state index contributed by atoms with van der Waals surface area (Å²) < 4.78 is 0. The molecule has 0 saturated heterocycles. The van der Waals surface area contributed by atoms with Crippen LogP contribution in [0.2, 0.25) is 5.02 Å². The van der Waals surface area contributed by atoms with Crippen LogP contribution in [0.15, 0.2) is 18.2 Å². The van der Waals surface area contributed by atoms with E-state index in [0.29, 0.717) is 11.6 Å². The van der Waals surface area contributed by atoms with Crippen LogP contribution in [0.5, 0.6) is 0 Å². The summed E-state index contributed by atoms with van der Waals surface area (Å²) in [5, 5.41) is 9.65. The Morgan fingerprint density at radius 3 is 2.67 bits per heavy atom. The van der Waals surface area contributed by atoms with Gasteiger partial charge < -0.3 is 5.11 Å². The van der Waals surface area contributed by atoms with Crippen molar-refractivity contribution in [2.45, 2.75) is 39.8 Å². The lowest BCUT2D eigenvalue weighted by Gasteiger charge is -2.27. The largest absolute Gasteiger partial charge is 0.480 e. The Kier molecular flexibility index (Phi) is 5.63. The first-order valence-electron chi connectivity index (χ1n) is 6.15. The van der Waals surface area contributed by atoms with Crippen molar-refractivity contribution in [3.63, 3.8) is 0 Å². The molecule has 0 aliphatic heterocycles. The fraction of sp³-hybridized carbons (Fsp3) is 0.500. The molecule has 3 nitrogen and oxygen atoms in total. The van der Waals surface area contributed by atoms with E-state index in [4.69, 9.17) is 16.7 Å². The minimum absolute atomic E-state index is 0.0409. The van der Waals surface area contributed by atoms with E-state index in [9.17, 15) is 4.79 Å². The van der Waals surface area contributed by atoms with Crippen LogP contribution < -0.4 is 0 Å². The van der Waals surface area contributed by atoms with Gasteiger partial charge in [0.25, 0.3) is 0 Å². The number of benzene rings is 1. The molecular formula is C14H20ClNO2. The van der Waals surface area contributed by atoms with Crippen LogP contribution in [0, 0.1) is 6.92 Å². The molecule has 0 aliphatic carbocycles. The number of aryl methyl sites for hydroxylation is 1. The van der Waals surface area contributed by atoms with Gasteiger partial charge in [0.15, 0.2) is 0 Å². The van der Waals surface area contributed by atoms with Gasteiger partial charge in [-0.05, 0) is 37.5 Å². The van der Waals surface area contributed by atoms with Crippen molar-refractivity contribution in [3.8, 4) is 0 Å². The molecule has 1 N–H and O–H groups in total. The zero-order valence-corrected chi connectivity index (χ0v) is 11.9. The molecule has 1 unspecified atom stereocenters. The maximum Gasteiger partial charge on any atom is 0.317 e. The van der Waals surface area contributed by atoms with Crippen molar-refractivity contribution in [2.75, 3.05) is 6.54 Å². The smallest absolute Gasteiger partial charge is 0.317 e. The quantitative estimate of drug-likeness (QED) is 0.861. The summed E-state index contributed by atoms with van der Waals surface area (Å²) in [6, 6.07) is 6.09. The van der Waals surface area contributed by atoms with Crippen LogP contribution in [0.1, 0.15) is 31.4 Å². The van der Waals surface area contributed by atoms with Crippen molar-refractivity contribution < 1.29 is 9.90 Å². The second kappa shape index (κ2) is 6.76. The molecule has 0 heterocycles. The Balaban J connectivity index is 2.85. The third-order valence-electron chi connectivity index (χ3n) is 3.13. The van der Waals surface area contributed by atoms with E-state index < -0.39 is 5.97 Å². The molecule has 0 aromatic heterocycles. The first-order chi connectivity index (χ1) is 8.43. The highest BCUT2D eigenvalue weighted by atomic mass is 35.5. The van der Waals surface area contributed by atoms with E-state index >= 15 is 0 Å². The number of carboxylic acids is 1. The minimum Gasteiger partial charge on any atom is -0.480 e. The van der Waals surface area contributed by atoms with E-state index in [1.165, 1.54) is 0 Å². The maximum atomic E-state index is 10.9. The van der Waals surface area contributed by atoms with Gasteiger partial charge in [-0.3, -0.25) is 9.69 Å². The van der Waals surface area contributed by atoms with Crippen molar-refractivity contribution in [1.29, 1.82) is 0 Å². The molecule has 1 aromatic rings. The predicted octanol–water partition coefficient (Wildman–Crippen LogP) is 3.33. The molecule has 1 aromatic carbocycles. The van der Waals surface area contributed by atoms with Gasteiger partial charge in [0, 0.05) is 17.6 Å². The van der Waals surface area contributed by atoms with E-state index in [1.54, 1.807) is 0 Å². The third-order valence-corrected chi connectivity index (χ3v) is 3.49. The molecule has 0 aliphatic rings. The first kappa shape index (κ1) is 15.0. The zero-order chi connectivity index (χ0) is 13.7. The van der Waals surface area contributed by atoms with Crippen molar-refractivity contribution in [3.05, 3.63) is 34.3 Å². The van der Waals surface area contributed by atoms with E-state index in [0.717, 1.165) is 17.5 Å². The zero-order valence-electron chi connectivity index (χ0n) is 11.1. The summed E-state index contributed by atoms with van der Waals surface area (Å²) in [6.45, 7) is 6.68. The second-order valence-corrected chi connectivity index (χ2v) is 5.06. The van der Waals surface area contributed by atoms with Gasteiger partial charge in [-0.1, -0.05) is 30.7 Å². The van der Waals surface area contributed by atoms with Crippen molar-refractivity contribution in [2.24, 2.45) is 0 Å². The van der Waals surface area contributed by atoms with E-state index in [-0.39, 0.29) is 12.6 Å². The monoisotopic (exact) mass is 269 g/mol. The summed E-state index contributed by atoms with van der Waals surface area (Å²) in [6.07, 6.45) is 0.913. The Bertz CT molecular complexity index is 420. The molecule has 1 atom stereocenters. The number of carbonyl (C=O) groups is 1. The summed E-state index contributed by atoms with van der Waals surface area (Å²) >= 11 is 6.18. The number of carboxylic acid groups (broad SMARTS) is 1. The highest BCUT2D eigenvalue weighted by Gasteiger charge is 2.17. The van der Waals surface area contributed by atoms with E-state index in [1.807, 2.05) is 36.9 Å². The molecule has 0 bridgehead atoms. The first-order valence-corrected chi connectivity index (χ1v) is 6.52. The second-order valence-electron chi connectivity index (χ2n) is 4.65. The van der Waals surface area contributed by atoms with Gasteiger partial charge in [-0.25, -0.2) is 0 Å². The van der Waals surface area contributed by atoms with Gasteiger partial charge in [0.05, 0.1) is 6.54 Å². The van der Waals surface area contributed by atoms with Crippen LogP contribution in [-0.2, 0) is 11.3 Å².